The van der Waals surface area contributed by atoms with E-state index in [4.69, 9.17) is 0 Å². The largest absolute Gasteiger partial charge is 0.504 e. The number of nitrogens with zero attached hydrogens (tertiary/aromatic N) is 4. The number of rotatable bonds is 3. The number of hydrogen-bond acceptors (Lipinski definition) is 7. The molecule has 0 amide bonds. The summed E-state index contributed by atoms with van der Waals surface area (Å²) in [5, 5.41) is 19.6. The zero-order chi connectivity index (χ0) is 18.1. The lowest BCUT2D eigenvalue weighted by atomic mass is 10.1. The molecule has 26 heavy (non-hydrogen) atoms. The van der Waals surface area contributed by atoms with Crippen LogP contribution in [0, 0.1) is 0 Å². The third-order valence-corrected chi connectivity index (χ3v) is 4.47. The van der Waals surface area contributed by atoms with Gasteiger partial charge in [-0.25, -0.2) is 15.0 Å². The van der Waals surface area contributed by atoms with Gasteiger partial charge in [0.15, 0.2) is 11.5 Å². The van der Waals surface area contributed by atoms with Crippen LogP contribution in [0.15, 0.2) is 41.7 Å². The van der Waals surface area contributed by atoms with Crippen molar-refractivity contribution in [1.82, 2.24) is 24.8 Å². The second-order valence-corrected chi connectivity index (χ2v) is 6.21. The summed E-state index contributed by atoms with van der Waals surface area (Å²) in [7, 11) is 0. The average molecular weight is 351 g/mol. The molecule has 2 aromatic heterocycles. The molecule has 3 N–H and O–H groups in total. The average Bonchev–Trinajstić information content (AvgIpc) is 2.66. The minimum Gasteiger partial charge on any atom is -0.504 e. The van der Waals surface area contributed by atoms with E-state index in [-0.39, 0.29) is 17.1 Å². The fourth-order valence-corrected chi connectivity index (χ4v) is 3.12. The number of para-hydroxylation sites is 1. The standard InChI is InChI=1S/C18H17N5O3/c24-15-3-1-2-11(16(15)25)8-23-5-4-14-13(9-23)18(26)22-17(21-14)12-6-19-10-20-7-12/h1-3,6-7,10,24-25H,4-5,8-9H2,(H,21,22,26). The molecule has 0 aliphatic carbocycles. The third-order valence-electron chi connectivity index (χ3n) is 4.47. The molecule has 8 heteroatoms. The van der Waals surface area contributed by atoms with E-state index in [9.17, 15) is 15.0 Å². The van der Waals surface area contributed by atoms with Crippen molar-refractivity contribution in [1.29, 1.82) is 0 Å². The van der Waals surface area contributed by atoms with Gasteiger partial charge in [0.05, 0.1) is 16.8 Å². The summed E-state index contributed by atoms with van der Waals surface area (Å²) in [6, 6.07) is 4.88. The third kappa shape index (κ3) is 3.02. The van der Waals surface area contributed by atoms with Crippen molar-refractivity contribution >= 4 is 0 Å². The Morgan fingerprint density at radius 3 is 2.81 bits per heavy atom. The van der Waals surface area contributed by atoms with Gasteiger partial charge in [0.2, 0.25) is 0 Å². The van der Waals surface area contributed by atoms with Crippen molar-refractivity contribution in [2.24, 2.45) is 0 Å². The molecule has 0 fully saturated rings. The van der Waals surface area contributed by atoms with Crippen molar-refractivity contribution in [3.63, 3.8) is 0 Å². The number of H-pyrrole nitrogens is 1. The van der Waals surface area contributed by atoms with E-state index in [0.717, 1.165) is 5.69 Å². The Bertz CT molecular complexity index is 1000. The summed E-state index contributed by atoms with van der Waals surface area (Å²) < 4.78 is 0. The van der Waals surface area contributed by atoms with E-state index in [1.165, 1.54) is 12.4 Å². The van der Waals surface area contributed by atoms with Gasteiger partial charge in [-0.3, -0.25) is 9.69 Å². The molecule has 1 aliphatic rings. The topological polar surface area (TPSA) is 115 Å². The molecule has 1 aromatic carbocycles. The highest BCUT2D eigenvalue weighted by molar-refractivity contribution is 5.52. The highest BCUT2D eigenvalue weighted by Gasteiger charge is 2.22. The zero-order valence-corrected chi connectivity index (χ0v) is 13.9. The van der Waals surface area contributed by atoms with Gasteiger partial charge in [0.25, 0.3) is 5.56 Å². The Morgan fingerprint density at radius 2 is 2.00 bits per heavy atom. The summed E-state index contributed by atoms with van der Waals surface area (Å²) in [5.41, 5.74) is 2.49. The SMILES string of the molecule is O=c1[nH]c(-c2cncnc2)nc2c1CN(Cc1cccc(O)c1O)CC2. The smallest absolute Gasteiger partial charge is 0.255 e. The molecule has 3 heterocycles. The predicted octanol–water partition coefficient (Wildman–Crippen LogP) is 1.20. The minimum atomic E-state index is -0.182. The number of hydrogen-bond donors (Lipinski definition) is 3. The maximum Gasteiger partial charge on any atom is 0.255 e. The maximum absolute atomic E-state index is 12.5. The highest BCUT2D eigenvalue weighted by Crippen LogP contribution is 2.30. The van der Waals surface area contributed by atoms with Gasteiger partial charge in [0.1, 0.15) is 12.2 Å². The van der Waals surface area contributed by atoms with Gasteiger partial charge >= 0.3 is 0 Å². The van der Waals surface area contributed by atoms with Crippen molar-refractivity contribution in [3.05, 3.63) is 64.1 Å². The second-order valence-electron chi connectivity index (χ2n) is 6.21. The number of fused-ring (bicyclic) bond motifs is 1. The molecule has 0 unspecified atom stereocenters. The van der Waals surface area contributed by atoms with Crippen LogP contribution in [0.2, 0.25) is 0 Å². The number of aromatic nitrogens is 4. The summed E-state index contributed by atoms with van der Waals surface area (Å²) in [6.45, 7) is 1.56. The number of phenols is 2. The first-order valence-electron chi connectivity index (χ1n) is 8.21. The molecule has 3 aromatic rings. The molecule has 8 nitrogen and oxygen atoms in total. The van der Waals surface area contributed by atoms with Gasteiger partial charge < -0.3 is 15.2 Å². The molecular formula is C18H17N5O3. The first kappa shape index (κ1) is 16.2. The van der Waals surface area contributed by atoms with E-state index >= 15 is 0 Å². The van der Waals surface area contributed by atoms with Crippen LogP contribution < -0.4 is 5.56 Å². The van der Waals surface area contributed by atoms with Crippen molar-refractivity contribution in [3.8, 4) is 22.9 Å². The van der Waals surface area contributed by atoms with Gasteiger partial charge in [-0.2, -0.15) is 0 Å². The Kier molecular flexibility index (Phi) is 4.10. The Morgan fingerprint density at radius 1 is 1.19 bits per heavy atom. The van der Waals surface area contributed by atoms with Crippen LogP contribution in [-0.4, -0.2) is 41.6 Å². The predicted molar refractivity (Wildman–Crippen MR) is 93.5 cm³/mol. The molecule has 0 spiro atoms. The van der Waals surface area contributed by atoms with Crippen LogP contribution in [0.3, 0.4) is 0 Å². The zero-order valence-electron chi connectivity index (χ0n) is 13.9. The highest BCUT2D eigenvalue weighted by atomic mass is 16.3. The number of benzene rings is 1. The van der Waals surface area contributed by atoms with E-state index in [2.05, 4.69) is 19.9 Å². The van der Waals surface area contributed by atoms with Crippen molar-refractivity contribution in [2.75, 3.05) is 6.54 Å². The van der Waals surface area contributed by atoms with E-state index in [1.54, 1.807) is 24.5 Å². The number of aromatic hydroxyl groups is 2. The molecule has 0 saturated carbocycles. The molecular weight excluding hydrogens is 334 g/mol. The van der Waals surface area contributed by atoms with Gasteiger partial charge in [-0.15, -0.1) is 0 Å². The second kappa shape index (κ2) is 6.57. The molecule has 4 rings (SSSR count). The fourth-order valence-electron chi connectivity index (χ4n) is 3.12. The quantitative estimate of drug-likeness (QED) is 0.607. The number of phenolic OH excluding ortho intramolecular Hbond substituents is 2. The molecule has 1 aliphatic heterocycles. The van der Waals surface area contributed by atoms with Crippen LogP contribution in [0.5, 0.6) is 11.5 Å². The molecule has 0 saturated heterocycles. The van der Waals surface area contributed by atoms with Crippen LogP contribution in [-0.2, 0) is 19.5 Å². The lowest BCUT2D eigenvalue weighted by molar-refractivity contribution is 0.238. The van der Waals surface area contributed by atoms with E-state index < -0.39 is 0 Å². The van der Waals surface area contributed by atoms with Crippen LogP contribution in [0.25, 0.3) is 11.4 Å². The van der Waals surface area contributed by atoms with Crippen molar-refractivity contribution in [2.45, 2.75) is 19.5 Å². The summed E-state index contributed by atoms with van der Waals surface area (Å²) in [4.78, 5) is 29.8. The Balaban J connectivity index is 1.60. The van der Waals surface area contributed by atoms with Crippen molar-refractivity contribution < 1.29 is 10.2 Å². The molecule has 0 bridgehead atoms. The van der Waals surface area contributed by atoms with E-state index in [1.807, 2.05) is 4.90 Å². The molecule has 0 atom stereocenters. The van der Waals surface area contributed by atoms with Gasteiger partial charge in [-0.05, 0) is 6.07 Å². The monoisotopic (exact) mass is 351 g/mol. The molecule has 132 valence electrons. The lowest BCUT2D eigenvalue weighted by Crippen LogP contribution is -2.35. The van der Waals surface area contributed by atoms with E-state index in [0.29, 0.717) is 48.6 Å². The maximum atomic E-state index is 12.5. The summed E-state index contributed by atoms with van der Waals surface area (Å²) >= 11 is 0. The Hall–Kier alpha value is -3.26. The summed E-state index contributed by atoms with van der Waals surface area (Å²) in [5.74, 6) is 0.201. The van der Waals surface area contributed by atoms with Gasteiger partial charge in [0, 0.05) is 44.0 Å². The van der Waals surface area contributed by atoms with Crippen LogP contribution in [0.1, 0.15) is 16.8 Å². The van der Waals surface area contributed by atoms with Gasteiger partial charge in [-0.1, -0.05) is 12.1 Å². The minimum absolute atomic E-state index is 0.121. The number of nitrogens with one attached hydrogen (secondary N) is 1. The normalized spacial score (nSPS) is 14.2. The summed E-state index contributed by atoms with van der Waals surface area (Å²) in [6.07, 6.45) is 5.27. The van der Waals surface area contributed by atoms with Crippen LogP contribution in [0.4, 0.5) is 0 Å². The fraction of sp³-hybridized carbons (Fsp3) is 0.222. The molecule has 0 radical (unpaired) electrons. The first-order chi connectivity index (χ1) is 12.6. The van der Waals surface area contributed by atoms with Crippen LogP contribution >= 0.6 is 0 Å². The number of aromatic amines is 1. The first-order valence-corrected chi connectivity index (χ1v) is 8.21. The Labute approximate surface area is 148 Å². The lowest BCUT2D eigenvalue weighted by Gasteiger charge is -2.28.